The minimum absolute atomic E-state index is 0.00659. The van der Waals surface area contributed by atoms with E-state index in [9.17, 15) is 9.90 Å². The van der Waals surface area contributed by atoms with E-state index in [1.165, 1.54) is 6.07 Å². The predicted octanol–water partition coefficient (Wildman–Crippen LogP) is 1.88. The van der Waals surface area contributed by atoms with Crippen LogP contribution in [0.2, 0.25) is 0 Å². The summed E-state index contributed by atoms with van der Waals surface area (Å²) in [6.07, 6.45) is 1.05. The Morgan fingerprint density at radius 3 is 3.06 bits per heavy atom. The maximum atomic E-state index is 12.1. The van der Waals surface area contributed by atoms with Crippen molar-refractivity contribution in [1.82, 2.24) is 10.6 Å². The zero-order chi connectivity index (χ0) is 13.1. The van der Waals surface area contributed by atoms with Gasteiger partial charge in [0.05, 0.1) is 5.56 Å². The maximum absolute atomic E-state index is 12.1. The van der Waals surface area contributed by atoms with E-state index in [1.54, 1.807) is 12.1 Å². The number of carbonyl (C=O) groups excluding carboxylic acids is 1. The van der Waals surface area contributed by atoms with Crippen molar-refractivity contribution in [3.8, 4) is 5.75 Å². The van der Waals surface area contributed by atoms with Gasteiger partial charge < -0.3 is 15.7 Å². The lowest BCUT2D eigenvalue weighted by Gasteiger charge is -2.30. The second kappa shape index (κ2) is 5.71. The number of hydrogen-bond acceptors (Lipinski definition) is 3. The first-order valence-electron chi connectivity index (χ1n) is 6.08. The van der Waals surface area contributed by atoms with E-state index in [-0.39, 0.29) is 17.7 Å². The molecular weight excluding hydrogens is 296 g/mol. The number of aromatic hydroxyl groups is 1. The number of halogens is 1. The summed E-state index contributed by atoms with van der Waals surface area (Å²) >= 11 is 3.30. The van der Waals surface area contributed by atoms with E-state index < -0.39 is 0 Å². The van der Waals surface area contributed by atoms with Gasteiger partial charge >= 0.3 is 0 Å². The van der Waals surface area contributed by atoms with Crippen molar-refractivity contribution in [1.29, 1.82) is 0 Å². The first-order chi connectivity index (χ1) is 8.58. The quantitative estimate of drug-likeness (QED) is 0.781. The second-order valence-electron chi connectivity index (χ2n) is 4.71. The van der Waals surface area contributed by atoms with Gasteiger partial charge in [-0.05, 0) is 37.1 Å². The zero-order valence-electron chi connectivity index (χ0n) is 10.2. The second-order valence-corrected chi connectivity index (χ2v) is 5.63. The van der Waals surface area contributed by atoms with E-state index in [4.69, 9.17) is 0 Å². The van der Waals surface area contributed by atoms with Gasteiger partial charge in [-0.25, -0.2) is 0 Å². The summed E-state index contributed by atoms with van der Waals surface area (Å²) in [5.74, 6) is 0.228. The van der Waals surface area contributed by atoms with Crippen LogP contribution < -0.4 is 10.6 Å². The molecule has 1 aromatic carbocycles. The highest BCUT2D eigenvalue weighted by molar-refractivity contribution is 9.10. The Morgan fingerprint density at radius 1 is 1.56 bits per heavy atom. The molecule has 0 aliphatic carbocycles. The lowest BCUT2D eigenvalue weighted by Crippen LogP contribution is -2.50. The van der Waals surface area contributed by atoms with Crippen molar-refractivity contribution < 1.29 is 9.90 Å². The molecule has 18 heavy (non-hydrogen) atoms. The molecule has 0 bridgehead atoms. The highest BCUT2D eigenvalue weighted by Crippen LogP contribution is 2.22. The van der Waals surface area contributed by atoms with Crippen LogP contribution in [0.3, 0.4) is 0 Å². The topological polar surface area (TPSA) is 61.4 Å². The summed E-state index contributed by atoms with van der Waals surface area (Å²) < 4.78 is 0.778. The molecule has 98 valence electrons. The number of phenols is 1. The zero-order valence-corrected chi connectivity index (χ0v) is 11.8. The molecule has 1 amide bonds. The predicted molar refractivity (Wildman–Crippen MR) is 73.7 cm³/mol. The Hall–Kier alpha value is -1.07. The van der Waals surface area contributed by atoms with Gasteiger partial charge in [0.15, 0.2) is 0 Å². The van der Waals surface area contributed by atoms with Crippen molar-refractivity contribution in [2.45, 2.75) is 19.4 Å². The van der Waals surface area contributed by atoms with E-state index >= 15 is 0 Å². The monoisotopic (exact) mass is 312 g/mol. The fraction of sp³-hybridized carbons (Fsp3) is 0.462. The van der Waals surface area contributed by atoms with E-state index in [1.807, 2.05) is 0 Å². The van der Waals surface area contributed by atoms with Gasteiger partial charge in [0.2, 0.25) is 0 Å². The molecule has 2 unspecified atom stereocenters. The summed E-state index contributed by atoms with van der Waals surface area (Å²) in [5.41, 5.74) is 0.308. The number of hydrogen-bond donors (Lipinski definition) is 3. The molecule has 0 aromatic heterocycles. The Labute approximate surface area is 115 Å². The summed E-state index contributed by atoms with van der Waals surface area (Å²) in [6, 6.07) is 4.97. The number of phenolic OH excluding ortho intramolecular Hbond substituents is 1. The molecule has 2 rings (SSSR count). The summed E-state index contributed by atoms with van der Waals surface area (Å²) in [5, 5.41) is 15.9. The molecule has 1 fully saturated rings. The molecule has 0 spiro atoms. The summed E-state index contributed by atoms with van der Waals surface area (Å²) in [4.78, 5) is 12.1. The van der Waals surface area contributed by atoms with Crippen molar-refractivity contribution in [3.05, 3.63) is 28.2 Å². The number of benzene rings is 1. The van der Waals surface area contributed by atoms with Crippen LogP contribution in [-0.2, 0) is 0 Å². The number of carbonyl (C=O) groups is 1. The van der Waals surface area contributed by atoms with Gasteiger partial charge in [-0.3, -0.25) is 4.79 Å². The van der Waals surface area contributed by atoms with Gasteiger partial charge in [-0.15, -0.1) is 0 Å². The molecule has 1 heterocycles. The third-order valence-electron chi connectivity index (χ3n) is 3.35. The number of piperidine rings is 1. The lowest BCUT2D eigenvalue weighted by molar-refractivity contribution is 0.0912. The molecule has 5 heteroatoms. The van der Waals surface area contributed by atoms with E-state index in [0.717, 1.165) is 24.0 Å². The third-order valence-corrected chi connectivity index (χ3v) is 3.84. The first-order valence-corrected chi connectivity index (χ1v) is 6.87. The molecule has 0 radical (unpaired) electrons. The van der Waals surface area contributed by atoms with Crippen LogP contribution >= 0.6 is 15.9 Å². The van der Waals surface area contributed by atoms with Crippen LogP contribution in [0.4, 0.5) is 0 Å². The van der Waals surface area contributed by atoms with Crippen molar-refractivity contribution in [2.75, 3.05) is 13.1 Å². The normalized spacial score (nSPS) is 23.7. The van der Waals surface area contributed by atoms with Gasteiger partial charge in [0.25, 0.3) is 5.91 Å². The molecule has 1 aliphatic rings. The van der Waals surface area contributed by atoms with E-state index in [0.29, 0.717) is 11.5 Å². The van der Waals surface area contributed by atoms with Crippen LogP contribution in [0.1, 0.15) is 23.7 Å². The lowest BCUT2D eigenvalue weighted by atomic mass is 9.94. The Bertz CT molecular complexity index is 451. The van der Waals surface area contributed by atoms with Crippen LogP contribution in [0.5, 0.6) is 5.75 Å². The molecule has 4 nitrogen and oxygen atoms in total. The van der Waals surface area contributed by atoms with Gasteiger partial charge in [0.1, 0.15) is 5.75 Å². The SMILES string of the molecule is CC1CCNCC1NC(=O)c1cc(Br)ccc1O. The molecule has 2 atom stereocenters. The van der Waals surface area contributed by atoms with Gasteiger partial charge in [-0.1, -0.05) is 22.9 Å². The highest BCUT2D eigenvalue weighted by Gasteiger charge is 2.24. The molecule has 3 N–H and O–H groups in total. The Kier molecular flexibility index (Phi) is 4.24. The van der Waals surface area contributed by atoms with Crippen LogP contribution in [0.15, 0.2) is 22.7 Å². The average molecular weight is 313 g/mol. The van der Waals surface area contributed by atoms with Crippen molar-refractivity contribution >= 4 is 21.8 Å². The first kappa shape index (κ1) is 13.4. The highest BCUT2D eigenvalue weighted by atomic mass is 79.9. The van der Waals surface area contributed by atoms with Gasteiger partial charge in [-0.2, -0.15) is 0 Å². The number of amides is 1. The molecule has 0 saturated carbocycles. The molecule has 1 saturated heterocycles. The largest absolute Gasteiger partial charge is 0.507 e. The fourth-order valence-corrected chi connectivity index (χ4v) is 2.48. The van der Waals surface area contributed by atoms with Crippen molar-refractivity contribution in [2.24, 2.45) is 5.92 Å². The fourth-order valence-electron chi connectivity index (χ4n) is 2.12. The Morgan fingerprint density at radius 2 is 2.33 bits per heavy atom. The molecule has 1 aromatic rings. The summed E-state index contributed by atoms with van der Waals surface area (Å²) in [6.45, 7) is 3.91. The van der Waals surface area contributed by atoms with E-state index in [2.05, 4.69) is 33.5 Å². The molecule has 1 aliphatic heterocycles. The van der Waals surface area contributed by atoms with Crippen LogP contribution in [-0.4, -0.2) is 30.1 Å². The van der Waals surface area contributed by atoms with Crippen molar-refractivity contribution in [3.63, 3.8) is 0 Å². The number of nitrogens with one attached hydrogen (secondary N) is 2. The summed E-state index contributed by atoms with van der Waals surface area (Å²) in [7, 11) is 0. The minimum atomic E-state index is -0.227. The smallest absolute Gasteiger partial charge is 0.255 e. The third kappa shape index (κ3) is 3.03. The Balaban J connectivity index is 2.09. The van der Waals surface area contributed by atoms with Gasteiger partial charge in [0, 0.05) is 17.1 Å². The minimum Gasteiger partial charge on any atom is -0.507 e. The average Bonchev–Trinajstić information content (AvgIpc) is 2.35. The van der Waals surface area contributed by atoms with Crippen LogP contribution in [0.25, 0.3) is 0 Å². The molecular formula is C13H17BrN2O2. The number of rotatable bonds is 2. The maximum Gasteiger partial charge on any atom is 0.255 e. The standard InChI is InChI=1S/C13H17BrN2O2/c1-8-4-5-15-7-11(8)16-13(18)10-6-9(14)2-3-12(10)17/h2-3,6,8,11,15,17H,4-5,7H2,1H3,(H,16,18). The van der Waals surface area contributed by atoms with Crippen LogP contribution in [0, 0.1) is 5.92 Å².